The lowest BCUT2D eigenvalue weighted by molar-refractivity contribution is -0.135. The third-order valence-corrected chi connectivity index (χ3v) is 11.7. The number of nitrogens with one attached hydrogen (secondary N) is 2. The van der Waals surface area contributed by atoms with Gasteiger partial charge in [0.1, 0.15) is 11.4 Å². The average Bonchev–Trinajstić information content (AvgIpc) is 3.79. The highest BCUT2D eigenvalue weighted by Crippen LogP contribution is 2.47. The molecular weight excluding hydrogens is 718 g/mol. The normalized spacial score (nSPS) is 21.0. The molecule has 0 spiro atoms. The lowest BCUT2D eigenvalue weighted by Crippen LogP contribution is -2.55. The number of hydrogen-bond acceptors (Lipinski definition) is 7. The second kappa shape index (κ2) is 18.6. The molecule has 0 radical (unpaired) electrons. The van der Waals surface area contributed by atoms with Crippen LogP contribution in [0, 0.1) is 23.1 Å². The van der Waals surface area contributed by atoms with Crippen molar-refractivity contribution in [2.45, 2.75) is 63.2 Å². The van der Waals surface area contributed by atoms with E-state index in [0.29, 0.717) is 37.8 Å². The minimum Gasteiger partial charge on any atom is -0.361 e. The van der Waals surface area contributed by atoms with E-state index in [4.69, 9.17) is 10.00 Å². The minimum atomic E-state index is -0.562. The van der Waals surface area contributed by atoms with Crippen LogP contribution in [0.5, 0.6) is 0 Å². The van der Waals surface area contributed by atoms with Crippen LogP contribution < -0.4 is 5.32 Å². The number of likely N-dealkylation sites (tertiary alicyclic amines) is 1. The summed E-state index contributed by atoms with van der Waals surface area (Å²) < 4.78 is 19.6. The topological polar surface area (TPSA) is 108 Å². The van der Waals surface area contributed by atoms with Crippen LogP contribution in [-0.2, 0) is 28.2 Å². The van der Waals surface area contributed by atoms with Gasteiger partial charge in [-0.15, -0.1) is 6.58 Å². The average molecular weight is 776 g/mol. The zero-order valence-electron chi connectivity index (χ0n) is 34.2. The van der Waals surface area contributed by atoms with Gasteiger partial charge in [0, 0.05) is 55.2 Å². The maximum Gasteiger partial charge on any atom is 0.324 e. The van der Waals surface area contributed by atoms with E-state index in [0.717, 1.165) is 73.9 Å². The molecule has 1 unspecified atom stereocenters. The first-order chi connectivity index (χ1) is 27.5. The number of fused-ring (bicyclic) bond motifs is 3. The van der Waals surface area contributed by atoms with Gasteiger partial charge in [0.05, 0.1) is 24.2 Å². The standard InChI is InChI=1S/C26H37N5O2.C20H21FN2O/c1-5-11-30-17-19(25(32)31(26(33)27-6-2)13-8-12-29(3)4)14-21-20-9-7-10-22-24(20)18(16-28-22)15-23(21)30;1-23(2)11-3-10-20(17-5-7-18(21)8-6-17)19-9-4-15(13-22)12-16(19)14-24-20/h5,7,9-10,16,19,21,23,28H,1,6,8,11-15,17H2,2-4H3,(H,27,33);4-9,12H,3,10-11,14H2,1-2H3/t19-,21-,23-;/m1./s1. The van der Waals surface area contributed by atoms with Gasteiger partial charge in [0.15, 0.2) is 0 Å². The molecule has 11 heteroatoms. The summed E-state index contributed by atoms with van der Waals surface area (Å²) in [4.78, 5) is 38.1. The number of amides is 3. The summed E-state index contributed by atoms with van der Waals surface area (Å²) in [5, 5.41) is 13.3. The van der Waals surface area contributed by atoms with E-state index < -0.39 is 5.60 Å². The Morgan fingerprint density at radius 3 is 2.51 bits per heavy atom. The molecule has 1 fully saturated rings. The quantitative estimate of drug-likeness (QED) is 0.141. The van der Waals surface area contributed by atoms with E-state index in [1.807, 2.05) is 59.4 Å². The van der Waals surface area contributed by atoms with Crippen LogP contribution in [0.4, 0.5) is 9.18 Å². The molecule has 3 aromatic carbocycles. The zero-order chi connectivity index (χ0) is 40.7. The van der Waals surface area contributed by atoms with E-state index in [2.05, 4.69) is 62.0 Å². The summed E-state index contributed by atoms with van der Waals surface area (Å²) in [7, 11) is 8.11. The van der Waals surface area contributed by atoms with E-state index >= 15 is 0 Å². The Hall–Kier alpha value is -4.86. The van der Waals surface area contributed by atoms with Crippen molar-refractivity contribution in [3.05, 3.63) is 119 Å². The van der Waals surface area contributed by atoms with Gasteiger partial charge >= 0.3 is 6.03 Å². The lowest BCUT2D eigenvalue weighted by Gasteiger charge is -2.47. The van der Waals surface area contributed by atoms with Crippen LogP contribution in [0.3, 0.4) is 0 Å². The Balaban J connectivity index is 0.000000203. The molecule has 1 aliphatic carbocycles. The van der Waals surface area contributed by atoms with Gasteiger partial charge in [-0.1, -0.05) is 36.4 Å². The first-order valence-corrected chi connectivity index (χ1v) is 20.3. The van der Waals surface area contributed by atoms with Crippen molar-refractivity contribution in [3.63, 3.8) is 0 Å². The number of hydrogen-bond donors (Lipinski definition) is 2. The molecule has 0 bridgehead atoms. The largest absolute Gasteiger partial charge is 0.361 e. The fourth-order valence-corrected chi connectivity index (χ4v) is 9.09. The molecule has 0 saturated carbocycles. The number of carbonyl (C=O) groups excluding carboxylic acids is 2. The van der Waals surface area contributed by atoms with Crippen molar-refractivity contribution in [2.75, 3.05) is 67.5 Å². The number of halogens is 1. The fourth-order valence-electron chi connectivity index (χ4n) is 9.09. The maximum absolute atomic E-state index is 13.7. The van der Waals surface area contributed by atoms with Crippen molar-refractivity contribution in [1.82, 2.24) is 29.9 Å². The summed E-state index contributed by atoms with van der Waals surface area (Å²) >= 11 is 0. The number of ether oxygens (including phenoxy) is 1. The zero-order valence-corrected chi connectivity index (χ0v) is 34.2. The van der Waals surface area contributed by atoms with Crippen molar-refractivity contribution in [2.24, 2.45) is 5.92 Å². The molecule has 2 N–H and O–H groups in total. The molecule has 57 heavy (non-hydrogen) atoms. The van der Waals surface area contributed by atoms with Crippen molar-refractivity contribution in [1.29, 1.82) is 5.26 Å². The number of H-pyrrole nitrogens is 1. The number of rotatable bonds is 13. The molecule has 3 aliphatic rings. The van der Waals surface area contributed by atoms with E-state index in [1.54, 1.807) is 12.1 Å². The SMILES string of the molecule is C=CCN1C[C@H](C(=O)N(CCCN(C)C)C(=O)NCC)C[C@@H]2c3cccc4[nH]cc(c34)C[C@H]21.CN(C)CCCC1(c2ccc(F)cc2)OCc2cc(C#N)ccc21. The monoisotopic (exact) mass is 775 g/mol. The molecule has 3 heterocycles. The molecule has 2 aliphatic heterocycles. The molecule has 10 nitrogen and oxygen atoms in total. The number of urea groups is 1. The van der Waals surface area contributed by atoms with Gasteiger partial charge in [-0.25, -0.2) is 9.18 Å². The van der Waals surface area contributed by atoms with Crippen LogP contribution in [0.15, 0.2) is 79.5 Å². The molecule has 7 rings (SSSR count). The molecule has 3 amide bonds. The maximum atomic E-state index is 13.7. The number of carbonyl (C=O) groups is 2. The van der Waals surface area contributed by atoms with E-state index in [9.17, 15) is 14.0 Å². The Morgan fingerprint density at radius 1 is 1.05 bits per heavy atom. The third kappa shape index (κ3) is 9.16. The van der Waals surface area contributed by atoms with Gasteiger partial charge in [-0.3, -0.25) is 14.6 Å². The molecule has 302 valence electrons. The van der Waals surface area contributed by atoms with Crippen molar-refractivity contribution >= 4 is 22.8 Å². The summed E-state index contributed by atoms with van der Waals surface area (Å²) in [5.74, 6) is -0.263. The van der Waals surface area contributed by atoms with Crippen LogP contribution in [0.2, 0.25) is 0 Å². The molecule has 4 atom stereocenters. The van der Waals surface area contributed by atoms with E-state index in [-0.39, 0.29) is 29.6 Å². The highest BCUT2D eigenvalue weighted by Gasteiger charge is 2.44. The number of aromatic nitrogens is 1. The Labute approximate surface area is 337 Å². The Kier molecular flexibility index (Phi) is 13.6. The summed E-state index contributed by atoms with van der Waals surface area (Å²) in [6, 6.07) is 21.0. The summed E-state index contributed by atoms with van der Waals surface area (Å²) in [6.07, 6.45) is 8.34. The highest BCUT2D eigenvalue weighted by molar-refractivity contribution is 5.96. The minimum absolute atomic E-state index is 0.0562. The smallest absolute Gasteiger partial charge is 0.324 e. The number of nitrogens with zero attached hydrogens (tertiary/aromatic N) is 5. The number of aromatic amines is 1. The molecule has 4 aromatic rings. The van der Waals surface area contributed by atoms with Crippen LogP contribution >= 0.6 is 0 Å². The van der Waals surface area contributed by atoms with Gasteiger partial charge < -0.3 is 24.8 Å². The highest BCUT2D eigenvalue weighted by atomic mass is 19.1. The van der Waals surface area contributed by atoms with Crippen molar-refractivity contribution < 1.29 is 18.7 Å². The van der Waals surface area contributed by atoms with Gasteiger partial charge in [0.25, 0.3) is 0 Å². The number of piperidine rings is 1. The molecular formula is C46H58FN7O3. The molecule has 1 saturated heterocycles. The molecule has 1 aromatic heterocycles. The second-order valence-electron chi connectivity index (χ2n) is 16.1. The number of nitriles is 1. The Morgan fingerprint density at radius 2 is 1.81 bits per heavy atom. The first kappa shape index (κ1) is 41.8. The fraction of sp³-hybridized carbons (Fsp3) is 0.457. The van der Waals surface area contributed by atoms with Gasteiger partial charge in [-0.2, -0.15) is 5.26 Å². The summed E-state index contributed by atoms with van der Waals surface area (Å²) in [5.41, 5.74) is 7.02. The predicted octanol–water partition coefficient (Wildman–Crippen LogP) is 7.01. The van der Waals surface area contributed by atoms with Gasteiger partial charge in [-0.05, 0) is 138 Å². The summed E-state index contributed by atoms with van der Waals surface area (Å²) in [6.45, 7) is 10.5. The lowest BCUT2D eigenvalue weighted by atomic mass is 9.72. The Bertz CT molecular complexity index is 2070. The van der Waals surface area contributed by atoms with Crippen LogP contribution in [0.25, 0.3) is 10.9 Å². The van der Waals surface area contributed by atoms with Gasteiger partial charge in [0.2, 0.25) is 5.91 Å². The number of benzene rings is 3. The third-order valence-electron chi connectivity index (χ3n) is 11.7. The van der Waals surface area contributed by atoms with Crippen LogP contribution in [-0.4, -0.2) is 110 Å². The van der Waals surface area contributed by atoms with Crippen molar-refractivity contribution in [3.8, 4) is 6.07 Å². The predicted molar refractivity (Wildman–Crippen MR) is 223 cm³/mol. The van der Waals surface area contributed by atoms with E-state index in [1.165, 1.54) is 33.5 Å². The first-order valence-electron chi connectivity index (χ1n) is 20.3. The number of imide groups is 1. The van der Waals surface area contributed by atoms with Crippen LogP contribution in [0.1, 0.15) is 71.9 Å². The second-order valence-corrected chi connectivity index (χ2v) is 16.1.